The fourth-order valence-corrected chi connectivity index (χ4v) is 3.59. The second-order valence-electron chi connectivity index (χ2n) is 6.06. The monoisotopic (exact) mass is 285 g/mol. The van der Waals surface area contributed by atoms with Crippen molar-refractivity contribution in [3.05, 3.63) is 36.5 Å². The number of carbonyl (C=O) groups excluding carboxylic acids is 1. The zero-order valence-electron chi connectivity index (χ0n) is 12.6. The molecule has 1 atom stereocenters. The van der Waals surface area contributed by atoms with Crippen LogP contribution in [0.1, 0.15) is 38.5 Å². The molecule has 0 radical (unpaired) electrons. The van der Waals surface area contributed by atoms with Gasteiger partial charge in [-0.25, -0.2) is 0 Å². The highest BCUT2D eigenvalue weighted by molar-refractivity contribution is 5.92. The number of benzene rings is 1. The highest BCUT2D eigenvalue weighted by atomic mass is 16.5. The van der Waals surface area contributed by atoms with Crippen LogP contribution in [0.2, 0.25) is 0 Å². The molecule has 1 heterocycles. The van der Waals surface area contributed by atoms with Crippen molar-refractivity contribution in [3.63, 3.8) is 0 Å². The smallest absolute Gasteiger partial charge is 0.159 e. The number of hydrogen-bond donors (Lipinski definition) is 0. The molecule has 1 aliphatic heterocycles. The van der Waals surface area contributed by atoms with E-state index in [0.29, 0.717) is 18.4 Å². The maximum atomic E-state index is 11.9. The van der Waals surface area contributed by atoms with Crippen molar-refractivity contribution < 1.29 is 9.53 Å². The van der Waals surface area contributed by atoms with Gasteiger partial charge in [-0.3, -0.25) is 4.79 Å². The first kappa shape index (κ1) is 14.2. The highest BCUT2D eigenvalue weighted by Crippen LogP contribution is 2.35. The summed E-state index contributed by atoms with van der Waals surface area (Å²) >= 11 is 0. The van der Waals surface area contributed by atoms with Gasteiger partial charge in [0.2, 0.25) is 0 Å². The van der Waals surface area contributed by atoms with Gasteiger partial charge in [0.05, 0.1) is 7.11 Å². The first-order chi connectivity index (χ1) is 10.3. The van der Waals surface area contributed by atoms with Gasteiger partial charge in [0.1, 0.15) is 5.75 Å². The first-order valence-corrected chi connectivity index (χ1v) is 7.91. The first-order valence-electron chi connectivity index (χ1n) is 7.91. The van der Waals surface area contributed by atoms with E-state index < -0.39 is 0 Å². The van der Waals surface area contributed by atoms with Gasteiger partial charge in [-0.05, 0) is 49.1 Å². The van der Waals surface area contributed by atoms with Crippen LogP contribution >= 0.6 is 0 Å². The molecular weight excluding hydrogens is 262 g/mol. The minimum absolute atomic E-state index is 0.260. The van der Waals surface area contributed by atoms with Crippen LogP contribution < -0.4 is 9.64 Å². The van der Waals surface area contributed by atoms with Gasteiger partial charge in [-0.15, -0.1) is 0 Å². The Morgan fingerprint density at radius 1 is 1.10 bits per heavy atom. The van der Waals surface area contributed by atoms with Crippen LogP contribution in [0, 0.1) is 5.92 Å². The number of rotatable bonds is 3. The number of hydrogen-bond acceptors (Lipinski definition) is 3. The summed E-state index contributed by atoms with van der Waals surface area (Å²) in [7, 11) is 1.68. The van der Waals surface area contributed by atoms with Crippen LogP contribution in [0.15, 0.2) is 36.5 Å². The third kappa shape index (κ3) is 3.12. The zero-order valence-corrected chi connectivity index (χ0v) is 12.6. The number of anilines is 1. The molecule has 0 saturated heterocycles. The second kappa shape index (κ2) is 6.33. The Balaban J connectivity index is 1.84. The summed E-state index contributed by atoms with van der Waals surface area (Å²) in [5.74, 6) is 1.76. The van der Waals surface area contributed by atoms with Crippen LogP contribution in [0.4, 0.5) is 5.69 Å². The minimum Gasteiger partial charge on any atom is -0.497 e. The molecule has 0 spiro atoms. The average molecular weight is 285 g/mol. The Hall–Kier alpha value is -1.77. The molecule has 0 bridgehead atoms. The molecule has 1 saturated carbocycles. The van der Waals surface area contributed by atoms with E-state index in [4.69, 9.17) is 4.74 Å². The summed E-state index contributed by atoms with van der Waals surface area (Å²) in [4.78, 5) is 14.1. The summed E-state index contributed by atoms with van der Waals surface area (Å²) in [6, 6.07) is 8.44. The Morgan fingerprint density at radius 2 is 1.81 bits per heavy atom. The molecule has 2 aliphatic rings. The molecule has 1 aromatic carbocycles. The van der Waals surface area contributed by atoms with Gasteiger partial charge in [0.25, 0.3) is 0 Å². The molecule has 1 aromatic rings. The topological polar surface area (TPSA) is 29.5 Å². The zero-order chi connectivity index (χ0) is 14.7. The molecule has 21 heavy (non-hydrogen) atoms. The number of ketones is 1. The third-order valence-corrected chi connectivity index (χ3v) is 4.75. The summed E-state index contributed by atoms with van der Waals surface area (Å²) in [5.41, 5.74) is 1.15. The molecule has 3 nitrogen and oxygen atoms in total. The number of nitrogens with zero attached hydrogens (tertiary/aromatic N) is 1. The third-order valence-electron chi connectivity index (χ3n) is 4.75. The fraction of sp³-hybridized carbons (Fsp3) is 0.500. The molecular formula is C18H23NO2. The molecule has 0 N–H and O–H groups in total. The summed E-state index contributed by atoms with van der Waals surface area (Å²) in [6.07, 6.45) is 10.8. The van der Waals surface area contributed by atoms with Crippen molar-refractivity contribution in [2.45, 2.75) is 44.6 Å². The maximum absolute atomic E-state index is 11.9. The quantitative estimate of drug-likeness (QED) is 0.842. The van der Waals surface area contributed by atoms with Gasteiger partial charge in [-0.1, -0.05) is 19.3 Å². The normalized spacial score (nSPS) is 23.4. The average Bonchev–Trinajstić information content (AvgIpc) is 2.56. The Labute approximate surface area is 126 Å². The van der Waals surface area contributed by atoms with Crippen LogP contribution in [-0.4, -0.2) is 18.9 Å². The van der Waals surface area contributed by atoms with Gasteiger partial charge in [0.15, 0.2) is 5.78 Å². The molecule has 3 heteroatoms. The standard InChI is InChI=1S/C18H23NO2/c1-21-17-9-7-15(8-10-17)19-12-11-16(20)13-18(19)14-5-3-2-4-6-14/h7-12,14,18H,2-6,13H2,1H3. The van der Waals surface area contributed by atoms with Crippen molar-refractivity contribution >= 4 is 11.5 Å². The summed E-state index contributed by atoms with van der Waals surface area (Å²) in [6.45, 7) is 0. The van der Waals surface area contributed by atoms with Crippen LogP contribution in [-0.2, 0) is 4.79 Å². The number of allylic oxidation sites excluding steroid dienone is 1. The van der Waals surface area contributed by atoms with E-state index in [1.54, 1.807) is 13.2 Å². The SMILES string of the molecule is COc1ccc(N2C=CC(=O)CC2C2CCCCC2)cc1. The minimum atomic E-state index is 0.260. The van der Waals surface area contributed by atoms with Crippen molar-refractivity contribution in [2.24, 2.45) is 5.92 Å². The van der Waals surface area contributed by atoms with Gasteiger partial charge < -0.3 is 9.64 Å². The maximum Gasteiger partial charge on any atom is 0.159 e. The molecule has 0 aromatic heterocycles. The van der Waals surface area contributed by atoms with E-state index in [9.17, 15) is 4.79 Å². The molecule has 1 unspecified atom stereocenters. The summed E-state index contributed by atoms with van der Waals surface area (Å²) < 4.78 is 5.23. The predicted octanol–water partition coefficient (Wildman–Crippen LogP) is 3.94. The van der Waals surface area contributed by atoms with E-state index in [0.717, 1.165) is 11.4 Å². The van der Waals surface area contributed by atoms with E-state index >= 15 is 0 Å². The van der Waals surface area contributed by atoms with Crippen LogP contribution in [0.5, 0.6) is 5.75 Å². The highest BCUT2D eigenvalue weighted by Gasteiger charge is 2.31. The summed E-state index contributed by atoms with van der Waals surface area (Å²) in [5, 5.41) is 0. The Kier molecular flexibility index (Phi) is 4.28. The number of methoxy groups -OCH3 is 1. The van der Waals surface area contributed by atoms with E-state index in [2.05, 4.69) is 17.0 Å². The van der Waals surface area contributed by atoms with E-state index in [1.807, 2.05) is 18.3 Å². The Bertz CT molecular complexity index is 515. The van der Waals surface area contributed by atoms with Gasteiger partial charge in [-0.2, -0.15) is 0 Å². The van der Waals surface area contributed by atoms with Crippen LogP contribution in [0.25, 0.3) is 0 Å². The van der Waals surface area contributed by atoms with Crippen molar-refractivity contribution in [1.82, 2.24) is 0 Å². The lowest BCUT2D eigenvalue weighted by Gasteiger charge is -2.39. The fourth-order valence-electron chi connectivity index (χ4n) is 3.59. The van der Waals surface area contributed by atoms with E-state index in [-0.39, 0.29) is 5.78 Å². The Morgan fingerprint density at radius 3 is 2.48 bits per heavy atom. The number of ether oxygens (including phenoxy) is 1. The molecule has 0 amide bonds. The molecule has 1 fully saturated rings. The number of carbonyl (C=O) groups is 1. The lowest BCUT2D eigenvalue weighted by molar-refractivity contribution is -0.115. The molecule has 1 aliphatic carbocycles. The molecule has 3 rings (SSSR count). The van der Waals surface area contributed by atoms with E-state index in [1.165, 1.54) is 32.1 Å². The largest absolute Gasteiger partial charge is 0.497 e. The van der Waals surface area contributed by atoms with Gasteiger partial charge in [0, 0.05) is 24.4 Å². The molecule has 112 valence electrons. The lowest BCUT2D eigenvalue weighted by Crippen LogP contribution is -2.42. The lowest BCUT2D eigenvalue weighted by atomic mass is 9.80. The van der Waals surface area contributed by atoms with Crippen molar-refractivity contribution in [3.8, 4) is 5.75 Å². The second-order valence-corrected chi connectivity index (χ2v) is 6.06. The van der Waals surface area contributed by atoms with Gasteiger partial charge >= 0.3 is 0 Å². The van der Waals surface area contributed by atoms with Crippen molar-refractivity contribution in [2.75, 3.05) is 12.0 Å². The predicted molar refractivity (Wildman–Crippen MR) is 84.6 cm³/mol. The van der Waals surface area contributed by atoms with Crippen molar-refractivity contribution in [1.29, 1.82) is 0 Å². The van der Waals surface area contributed by atoms with Crippen LogP contribution in [0.3, 0.4) is 0 Å².